The number of fused-ring (bicyclic) bond motifs is 3. The number of hydrogen-bond donors (Lipinski definition) is 1. The third-order valence-electron chi connectivity index (χ3n) is 5.06. The highest BCUT2D eigenvalue weighted by atomic mass is 32.1. The van der Waals surface area contributed by atoms with E-state index in [-0.39, 0.29) is 5.56 Å². The van der Waals surface area contributed by atoms with Crippen LogP contribution in [0.1, 0.15) is 22.7 Å². The van der Waals surface area contributed by atoms with Crippen LogP contribution in [-0.4, -0.2) is 46.0 Å². The maximum atomic E-state index is 12.5. The lowest BCUT2D eigenvalue weighted by molar-refractivity contribution is 0.244. The molecule has 1 aliphatic carbocycles. The Labute approximate surface area is 153 Å². The first-order chi connectivity index (χ1) is 12.3. The molecule has 6 nitrogen and oxygen atoms in total. The average molecular weight is 374 g/mol. The number of thiazole rings is 1. The summed E-state index contributed by atoms with van der Waals surface area (Å²) in [4.78, 5) is 31.7. The van der Waals surface area contributed by atoms with E-state index >= 15 is 0 Å². The minimum atomic E-state index is 0.0424. The molecule has 0 spiro atoms. The van der Waals surface area contributed by atoms with Gasteiger partial charge in [0.2, 0.25) is 0 Å². The maximum absolute atomic E-state index is 12.5. The van der Waals surface area contributed by atoms with Crippen molar-refractivity contribution in [3.8, 4) is 0 Å². The molecule has 3 aromatic heterocycles. The number of piperazine rings is 1. The molecule has 1 aliphatic heterocycles. The largest absolute Gasteiger partial charge is 0.346 e. The van der Waals surface area contributed by atoms with E-state index in [1.165, 1.54) is 16.9 Å². The standard InChI is InChI=1S/C17H19N5OS2/c23-15-14-11-2-1-3-12(11)25-16(14)20-13(19-15)10-21-5-7-22(8-6-21)17-18-4-9-24-17/h4,9H,1-3,5-8,10H2,(H,19,20,23). The highest BCUT2D eigenvalue weighted by Gasteiger charge is 2.23. The van der Waals surface area contributed by atoms with E-state index in [1.807, 2.05) is 11.6 Å². The number of hydrogen-bond acceptors (Lipinski definition) is 7. The van der Waals surface area contributed by atoms with Crippen molar-refractivity contribution in [3.05, 3.63) is 38.2 Å². The Kier molecular flexibility index (Phi) is 3.83. The Morgan fingerprint density at radius 3 is 2.88 bits per heavy atom. The van der Waals surface area contributed by atoms with Crippen LogP contribution < -0.4 is 10.5 Å². The number of thiophene rings is 1. The molecule has 0 radical (unpaired) electrons. The Balaban J connectivity index is 1.32. The van der Waals surface area contributed by atoms with E-state index in [0.717, 1.165) is 60.2 Å². The van der Waals surface area contributed by atoms with E-state index < -0.39 is 0 Å². The van der Waals surface area contributed by atoms with Crippen LogP contribution in [0.3, 0.4) is 0 Å². The molecule has 0 unspecified atom stereocenters. The normalized spacial score (nSPS) is 18.2. The van der Waals surface area contributed by atoms with E-state index in [9.17, 15) is 4.79 Å². The molecule has 1 N–H and O–H groups in total. The number of aromatic nitrogens is 3. The van der Waals surface area contributed by atoms with Crippen molar-refractivity contribution in [3.63, 3.8) is 0 Å². The molecule has 0 aromatic carbocycles. The van der Waals surface area contributed by atoms with Gasteiger partial charge in [-0.2, -0.15) is 0 Å². The van der Waals surface area contributed by atoms with Crippen LogP contribution >= 0.6 is 22.7 Å². The topological polar surface area (TPSA) is 65.1 Å². The summed E-state index contributed by atoms with van der Waals surface area (Å²) in [5.74, 6) is 0.792. The molecule has 1 saturated heterocycles. The Hall–Kier alpha value is -1.77. The van der Waals surface area contributed by atoms with Crippen LogP contribution in [0.15, 0.2) is 16.4 Å². The highest BCUT2D eigenvalue weighted by Crippen LogP contribution is 2.34. The fraction of sp³-hybridized carbons (Fsp3) is 0.471. The van der Waals surface area contributed by atoms with Gasteiger partial charge in [0.25, 0.3) is 5.56 Å². The summed E-state index contributed by atoms with van der Waals surface area (Å²) in [5.41, 5.74) is 1.29. The fourth-order valence-electron chi connectivity index (χ4n) is 3.80. The van der Waals surface area contributed by atoms with Crippen molar-refractivity contribution in [2.45, 2.75) is 25.8 Å². The molecule has 0 bridgehead atoms. The number of aryl methyl sites for hydroxylation is 2. The Morgan fingerprint density at radius 1 is 1.20 bits per heavy atom. The number of aromatic amines is 1. The molecule has 1 fully saturated rings. The van der Waals surface area contributed by atoms with Crippen LogP contribution in [0.4, 0.5) is 5.13 Å². The molecule has 0 amide bonds. The molecule has 5 rings (SSSR count). The van der Waals surface area contributed by atoms with Crippen LogP contribution in [0.2, 0.25) is 0 Å². The first-order valence-electron chi connectivity index (χ1n) is 8.68. The van der Waals surface area contributed by atoms with Crippen molar-refractivity contribution >= 4 is 38.0 Å². The van der Waals surface area contributed by atoms with Gasteiger partial charge in [0.15, 0.2) is 5.13 Å². The van der Waals surface area contributed by atoms with Crippen LogP contribution in [0, 0.1) is 0 Å². The minimum absolute atomic E-state index is 0.0424. The molecule has 130 valence electrons. The number of rotatable bonds is 3. The number of anilines is 1. The monoisotopic (exact) mass is 373 g/mol. The molecule has 8 heteroatoms. The fourth-order valence-corrected chi connectivity index (χ4v) is 5.78. The lowest BCUT2D eigenvalue weighted by Crippen LogP contribution is -2.46. The number of nitrogens with zero attached hydrogens (tertiary/aromatic N) is 4. The van der Waals surface area contributed by atoms with Crippen molar-refractivity contribution in [1.29, 1.82) is 0 Å². The summed E-state index contributed by atoms with van der Waals surface area (Å²) >= 11 is 3.40. The van der Waals surface area contributed by atoms with Gasteiger partial charge in [-0.1, -0.05) is 0 Å². The molecule has 25 heavy (non-hydrogen) atoms. The third-order valence-corrected chi connectivity index (χ3v) is 7.08. The van der Waals surface area contributed by atoms with Gasteiger partial charge in [0.05, 0.1) is 11.9 Å². The third kappa shape index (κ3) is 2.78. The van der Waals surface area contributed by atoms with Gasteiger partial charge in [-0.25, -0.2) is 9.97 Å². The van der Waals surface area contributed by atoms with E-state index in [2.05, 4.69) is 19.8 Å². The molecule has 4 heterocycles. The summed E-state index contributed by atoms with van der Waals surface area (Å²) in [5, 5.41) is 3.96. The second kappa shape index (κ2) is 6.19. The van der Waals surface area contributed by atoms with E-state index in [0.29, 0.717) is 6.54 Å². The predicted octanol–water partition coefficient (Wildman–Crippen LogP) is 2.25. The quantitative estimate of drug-likeness (QED) is 0.763. The first-order valence-corrected chi connectivity index (χ1v) is 10.4. The van der Waals surface area contributed by atoms with Gasteiger partial charge in [0.1, 0.15) is 10.7 Å². The molecule has 3 aromatic rings. The predicted molar refractivity (Wildman–Crippen MR) is 102 cm³/mol. The van der Waals surface area contributed by atoms with Gasteiger partial charge in [0, 0.05) is 42.6 Å². The zero-order valence-electron chi connectivity index (χ0n) is 13.8. The minimum Gasteiger partial charge on any atom is -0.346 e. The van der Waals surface area contributed by atoms with Gasteiger partial charge >= 0.3 is 0 Å². The van der Waals surface area contributed by atoms with Crippen molar-refractivity contribution in [2.24, 2.45) is 0 Å². The Bertz CT molecular complexity index is 953. The maximum Gasteiger partial charge on any atom is 0.259 e. The molecule has 2 aliphatic rings. The second-order valence-corrected chi connectivity index (χ2v) is 8.58. The smallest absolute Gasteiger partial charge is 0.259 e. The second-order valence-electron chi connectivity index (χ2n) is 6.63. The van der Waals surface area contributed by atoms with Gasteiger partial charge in [-0.3, -0.25) is 9.69 Å². The highest BCUT2D eigenvalue weighted by molar-refractivity contribution is 7.18. The Morgan fingerprint density at radius 2 is 2.08 bits per heavy atom. The summed E-state index contributed by atoms with van der Waals surface area (Å²) in [6.45, 7) is 4.56. The van der Waals surface area contributed by atoms with Crippen molar-refractivity contribution in [1.82, 2.24) is 19.9 Å². The molecule has 0 atom stereocenters. The lowest BCUT2D eigenvalue weighted by Gasteiger charge is -2.34. The zero-order valence-corrected chi connectivity index (χ0v) is 15.5. The van der Waals surface area contributed by atoms with Gasteiger partial charge in [-0.15, -0.1) is 22.7 Å². The van der Waals surface area contributed by atoms with E-state index in [1.54, 1.807) is 22.7 Å². The SMILES string of the molecule is O=c1[nH]c(CN2CCN(c3nccs3)CC2)nc2sc3c(c12)CCC3. The number of H-pyrrole nitrogens is 1. The van der Waals surface area contributed by atoms with Crippen molar-refractivity contribution in [2.75, 3.05) is 31.1 Å². The molecular formula is C17H19N5OS2. The summed E-state index contributed by atoms with van der Waals surface area (Å²) in [6.07, 6.45) is 5.15. The number of nitrogens with one attached hydrogen (secondary N) is 1. The van der Waals surface area contributed by atoms with Crippen molar-refractivity contribution < 1.29 is 0 Å². The van der Waals surface area contributed by atoms with Crippen LogP contribution in [0.5, 0.6) is 0 Å². The first kappa shape index (κ1) is 15.5. The van der Waals surface area contributed by atoms with Gasteiger partial charge in [-0.05, 0) is 24.8 Å². The summed E-state index contributed by atoms with van der Waals surface area (Å²) in [6, 6.07) is 0. The van der Waals surface area contributed by atoms with Crippen LogP contribution in [0.25, 0.3) is 10.2 Å². The summed E-state index contributed by atoms with van der Waals surface area (Å²) in [7, 11) is 0. The van der Waals surface area contributed by atoms with E-state index in [4.69, 9.17) is 4.98 Å². The zero-order chi connectivity index (χ0) is 16.8. The van der Waals surface area contributed by atoms with Crippen LogP contribution in [-0.2, 0) is 19.4 Å². The van der Waals surface area contributed by atoms with Gasteiger partial charge < -0.3 is 9.88 Å². The molecule has 0 saturated carbocycles. The lowest BCUT2D eigenvalue weighted by atomic mass is 10.2. The summed E-state index contributed by atoms with van der Waals surface area (Å²) < 4.78 is 0. The average Bonchev–Trinajstić information content (AvgIpc) is 3.32. The molecular weight excluding hydrogens is 354 g/mol.